The average molecular weight is 956 g/mol. The van der Waals surface area contributed by atoms with Gasteiger partial charge in [0.05, 0.1) is 5.02 Å². The smallest absolute Gasteiger partial charge is 0.329 e. The van der Waals surface area contributed by atoms with E-state index in [2.05, 4.69) is 26.6 Å². The van der Waals surface area contributed by atoms with Gasteiger partial charge in [0, 0.05) is 33.2 Å². The number of aliphatic hydroxyl groups excluding tert-OH is 1. The minimum Gasteiger partial charge on any atom is -0.506 e. The van der Waals surface area contributed by atoms with Gasteiger partial charge in [-0.3, -0.25) is 38.4 Å². The summed E-state index contributed by atoms with van der Waals surface area (Å²) in [4.78, 5) is 127. The van der Waals surface area contributed by atoms with E-state index in [1.807, 2.05) is 0 Å². The topological polar surface area (TPSA) is 296 Å². The standard InChI is InChI=1S/C46H63ClN8O12/c1-23(2)19-32-41(61)50-31-15-18-37(59)55(44(31)64)34(21-27-11-9-8-10-12-27)45(65)54(7)33(22-28-13-16-35(57)29(47)20-28)42(62)52-38(24(3)4)46(66)67-25(5)39(43(63)51-32)53-40(60)30(49-26(6)56)14-17-36(48)58/h8-13,16,20,23-25,30-34,37-39,57,59H,14-15,17-19,21-22H2,1-7H3,(H2,48,58)(H,49,56)(H,50,61)(H,51,63)(H,52,62)(H,53,60). The van der Waals surface area contributed by atoms with Gasteiger partial charge in [-0.25, -0.2) is 4.79 Å². The fraction of sp³-hybridized carbons (Fsp3) is 0.543. The number of nitrogens with two attached hydrogens (primary N) is 1. The molecular weight excluding hydrogens is 892 g/mol. The molecule has 2 saturated heterocycles. The van der Waals surface area contributed by atoms with Crippen molar-refractivity contribution in [3.8, 4) is 5.75 Å². The van der Waals surface area contributed by atoms with Crippen molar-refractivity contribution in [3.05, 3.63) is 64.7 Å². The highest BCUT2D eigenvalue weighted by Crippen LogP contribution is 2.27. The minimum absolute atomic E-state index is 0.0157. The Morgan fingerprint density at radius 3 is 2.13 bits per heavy atom. The molecule has 9 atom stereocenters. The Kier molecular flexibility index (Phi) is 19.1. The lowest BCUT2D eigenvalue weighted by Gasteiger charge is -2.43. The van der Waals surface area contributed by atoms with Crippen LogP contribution < -0.4 is 32.3 Å². The highest BCUT2D eigenvalue weighted by Gasteiger charge is 2.46. The summed E-state index contributed by atoms with van der Waals surface area (Å²) in [5.41, 5.74) is 6.30. The van der Waals surface area contributed by atoms with E-state index in [1.165, 1.54) is 32.2 Å². The highest BCUT2D eigenvalue weighted by molar-refractivity contribution is 6.32. The monoisotopic (exact) mass is 954 g/mol. The Hall–Kier alpha value is -6.28. The number of halogens is 1. The third kappa shape index (κ3) is 14.6. The lowest BCUT2D eigenvalue weighted by atomic mass is 9.95. The molecule has 0 aliphatic carbocycles. The first-order valence-corrected chi connectivity index (χ1v) is 22.6. The van der Waals surface area contributed by atoms with Crippen molar-refractivity contribution in [1.29, 1.82) is 0 Å². The summed E-state index contributed by atoms with van der Waals surface area (Å²) < 4.78 is 5.82. The average Bonchev–Trinajstić information content (AvgIpc) is 3.25. The number of amides is 8. The van der Waals surface area contributed by atoms with E-state index >= 15 is 4.79 Å². The molecule has 2 aliphatic heterocycles. The summed E-state index contributed by atoms with van der Waals surface area (Å²) in [6.45, 7) is 9.17. The van der Waals surface area contributed by atoms with Crippen molar-refractivity contribution < 1.29 is 58.1 Å². The molecule has 2 heterocycles. The van der Waals surface area contributed by atoms with Gasteiger partial charge >= 0.3 is 5.97 Å². The maximum absolute atomic E-state index is 15.0. The van der Waals surface area contributed by atoms with E-state index in [4.69, 9.17) is 22.1 Å². The number of likely N-dealkylation sites (N-methyl/N-ethyl adjacent to an activating group) is 1. The molecular formula is C46H63ClN8O12. The third-order valence-corrected chi connectivity index (χ3v) is 11.9. The normalized spacial score (nSPS) is 25.2. The number of nitrogens with zero attached hydrogens (tertiary/aromatic N) is 2. The number of rotatable bonds is 13. The number of ether oxygens (including phenoxy) is 1. The van der Waals surface area contributed by atoms with Gasteiger partial charge in [0.2, 0.25) is 47.3 Å². The van der Waals surface area contributed by atoms with Crippen LogP contribution in [0.2, 0.25) is 5.02 Å². The van der Waals surface area contributed by atoms with E-state index in [1.54, 1.807) is 58.0 Å². The first-order chi connectivity index (χ1) is 31.5. The Labute approximate surface area is 394 Å². The van der Waals surface area contributed by atoms with Gasteiger partial charge in [-0.2, -0.15) is 0 Å². The van der Waals surface area contributed by atoms with Gasteiger partial charge in [-0.15, -0.1) is 0 Å². The number of esters is 1. The second kappa shape index (κ2) is 24.0. The van der Waals surface area contributed by atoms with Gasteiger partial charge in [-0.1, -0.05) is 75.7 Å². The van der Waals surface area contributed by atoms with Crippen molar-refractivity contribution in [1.82, 2.24) is 36.4 Å². The zero-order valence-corrected chi connectivity index (χ0v) is 39.5. The summed E-state index contributed by atoms with van der Waals surface area (Å²) in [6.07, 6.45) is -4.10. The number of hydrogen-bond acceptors (Lipinski definition) is 12. The zero-order valence-electron chi connectivity index (χ0n) is 38.7. The minimum atomic E-state index is -1.76. The summed E-state index contributed by atoms with van der Waals surface area (Å²) in [5, 5.41) is 34.6. The number of fused-ring (bicyclic) bond motifs is 2. The quantitative estimate of drug-likeness (QED) is 0.126. The molecule has 4 rings (SSSR count). The predicted molar refractivity (Wildman–Crippen MR) is 243 cm³/mol. The number of primary amides is 1. The summed E-state index contributed by atoms with van der Waals surface area (Å²) in [7, 11) is 1.33. The van der Waals surface area contributed by atoms with Crippen molar-refractivity contribution >= 4 is 64.8 Å². The number of aliphatic hydroxyl groups is 1. The first kappa shape index (κ1) is 53.3. The van der Waals surface area contributed by atoms with Crippen LogP contribution in [0.3, 0.4) is 0 Å². The molecule has 0 radical (unpaired) electrons. The molecule has 2 aliphatic rings. The maximum atomic E-state index is 15.0. The van der Waals surface area contributed by atoms with Gasteiger partial charge in [-0.05, 0) is 67.7 Å². The van der Waals surface area contributed by atoms with Crippen LogP contribution >= 0.6 is 11.6 Å². The molecule has 0 saturated carbocycles. The molecule has 0 aromatic heterocycles. The Bertz CT molecular complexity index is 2160. The van der Waals surface area contributed by atoms with Crippen LogP contribution in [0, 0.1) is 11.8 Å². The lowest BCUT2D eigenvalue weighted by Crippen LogP contribution is -2.65. The SMILES string of the molecule is CC(=O)NC(CCC(N)=O)C(=O)NC1C(=O)NC(CC(C)C)C(=O)NC2CCC(O)N(C2=O)C(Cc2ccccc2)C(=O)N(C)C(Cc2ccc(O)c(Cl)c2)C(=O)NC(C(C)C)C(=O)OC1C. The van der Waals surface area contributed by atoms with Crippen LogP contribution in [-0.2, 0) is 60.7 Å². The van der Waals surface area contributed by atoms with Crippen molar-refractivity contribution in [2.75, 3.05) is 7.05 Å². The Balaban J connectivity index is 1.89. The number of carbonyl (C=O) groups excluding carboxylic acids is 9. The van der Waals surface area contributed by atoms with Crippen LogP contribution in [0.15, 0.2) is 48.5 Å². The van der Waals surface area contributed by atoms with E-state index < -0.39 is 114 Å². The molecule has 0 spiro atoms. The van der Waals surface area contributed by atoms with Crippen LogP contribution in [0.5, 0.6) is 5.75 Å². The molecule has 67 heavy (non-hydrogen) atoms. The number of phenolic OH excluding ortho intramolecular Hbond substituents is 1. The van der Waals surface area contributed by atoms with Crippen LogP contribution in [0.4, 0.5) is 0 Å². The largest absolute Gasteiger partial charge is 0.506 e. The number of hydrogen-bond donors (Lipinski definition) is 8. The number of cyclic esters (lactones) is 1. The molecule has 2 aromatic carbocycles. The summed E-state index contributed by atoms with van der Waals surface area (Å²) in [5.74, 6) is -8.87. The number of nitrogens with one attached hydrogen (secondary N) is 5. The molecule has 2 fully saturated rings. The van der Waals surface area contributed by atoms with Gasteiger partial charge < -0.3 is 57.1 Å². The van der Waals surface area contributed by atoms with Gasteiger partial charge in [0.15, 0.2) is 0 Å². The predicted octanol–water partition coefficient (Wildman–Crippen LogP) is 0.324. The second-order valence-electron chi connectivity index (χ2n) is 17.8. The number of carbonyl (C=O) groups is 9. The van der Waals surface area contributed by atoms with Crippen molar-refractivity contribution in [3.63, 3.8) is 0 Å². The number of aromatic hydroxyl groups is 1. The van der Waals surface area contributed by atoms with Crippen LogP contribution in [-0.4, -0.2) is 135 Å². The molecule has 8 amide bonds. The van der Waals surface area contributed by atoms with E-state index in [9.17, 15) is 48.6 Å². The fourth-order valence-corrected chi connectivity index (χ4v) is 8.20. The molecule has 2 bridgehead atoms. The maximum Gasteiger partial charge on any atom is 0.329 e. The van der Waals surface area contributed by atoms with Crippen molar-refractivity contribution in [2.24, 2.45) is 17.6 Å². The molecule has 9 unspecified atom stereocenters. The van der Waals surface area contributed by atoms with E-state index in [-0.39, 0.29) is 61.6 Å². The molecule has 21 heteroatoms. The number of piperidine rings is 1. The Morgan fingerprint density at radius 2 is 1.54 bits per heavy atom. The molecule has 2 aromatic rings. The van der Waals surface area contributed by atoms with E-state index in [0.717, 1.165) is 16.7 Å². The summed E-state index contributed by atoms with van der Waals surface area (Å²) >= 11 is 6.26. The second-order valence-corrected chi connectivity index (χ2v) is 18.2. The lowest BCUT2D eigenvalue weighted by molar-refractivity contribution is -0.165. The third-order valence-electron chi connectivity index (χ3n) is 11.6. The fourth-order valence-electron chi connectivity index (χ4n) is 8.00. The van der Waals surface area contributed by atoms with Gasteiger partial charge in [0.25, 0.3) is 0 Å². The molecule has 366 valence electrons. The van der Waals surface area contributed by atoms with Crippen LogP contribution in [0.25, 0.3) is 0 Å². The van der Waals surface area contributed by atoms with Crippen molar-refractivity contribution in [2.45, 2.75) is 141 Å². The summed E-state index contributed by atoms with van der Waals surface area (Å²) in [6, 6.07) is 2.74. The first-order valence-electron chi connectivity index (χ1n) is 22.2. The zero-order chi connectivity index (χ0) is 49.9. The molecule has 9 N–H and O–H groups in total. The van der Waals surface area contributed by atoms with Crippen LogP contribution in [0.1, 0.15) is 84.8 Å². The number of benzene rings is 2. The highest BCUT2D eigenvalue weighted by atomic mass is 35.5. The van der Waals surface area contributed by atoms with Gasteiger partial charge in [0.1, 0.15) is 60.4 Å². The Morgan fingerprint density at radius 1 is 0.881 bits per heavy atom. The molecule has 20 nitrogen and oxygen atoms in total. The number of phenols is 1. The van der Waals surface area contributed by atoms with E-state index in [0.29, 0.717) is 11.1 Å².